The second-order valence-corrected chi connectivity index (χ2v) is 10.8. The molecule has 0 aliphatic carbocycles. The maximum absolute atomic E-state index is 13.6. The molecular formula is C23H27Cl2N3O6S. The van der Waals surface area contributed by atoms with Crippen LogP contribution in [0.1, 0.15) is 26.3 Å². The first-order chi connectivity index (χ1) is 16.6. The molecule has 12 heteroatoms. The summed E-state index contributed by atoms with van der Waals surface area (Å²) >= 11 is 12.3. The number of benzene rings is 2. The molecule has 0 saturated heterocycles. The molecule has 0 radical (unpaired) electrons. The van der Waals surface area contributed by atoms with E-state index in [4.69, 9.17) is 32.7 Å². The normalized spacial score (nSPS) is 13.3. The minimum Gasteiger partial charge on any atom is -0.454 e. The van der Waals surface area contributed by atoms with Gasteiger partial charge < -0.3 is 19.7 Å². The molecule has 9 nitrogen and oxygen atoms in total. The number of fused-ring (bicyclic) bond motifs is 1. The average molecular weight is 544 g/mol. The van der Waals surface area contributed by atoms with Crippen LogP contribution in [0.2, 0.25) is 10.0 Å². The van der Waals surface area contributed by atoms with Crippen LogP contribution in [0.15, 0.2) is 36.4 Å². The van der Waals surface area contributed by atoms with E-state index in [0.717, 1.165) is 4.31 Å². The zero-order valence-corrected chi connectivity index (χ0v) is 21.9. The Kier molecular flexibility index (Phi) is 8.74. The molecule has 2 aromatic rings. The topological polar surface area (TPSA) is 105 Å². The summed E-state index contributed by atoms with van der Waals surface area (Å²) < 4.78 is 37.6. The Morgan fingerprint density at radius 3 is 2.46 bits per heavy atom. The van der Waals surface area contributed by atoms with E-state index in [-0.39, 0.29) is 30.7 Å². The van der Waals surface area contributed by atoms with Crippen LogP contribution in [0.5, 0.6) is 11.5 Å². The summed E-state index contributed by atoms with van der Waals surface area (Å²) in [7, 11) is -3.86. The minimum absolute atomic E-state index is 0.0196. The zero-order valence-electron chi connectivity index (χ0n) is 19.6. The summed E-state index contributed by atoms with van der Waals surface area (Å²) in [5.74, 6) is -0.322. The number of likely N-dealkylation sites (N-methyl/N-ethyl adjacent to an activating group) is 1. The highest BCUT2D eigenvalue weighted by Crippen LogP contribution is 2.36. The number of rotatable bonds is 10. The first-order valence-corrected chi connectivity index (χ1v) is 13.3. The third-order valence-electron chi connectivity index (χ3n) is 5.50. The molecule has 0 bridgehead atoms. The first-order valence-electron chi connectivity index (χ1n) is 11.0. The van der Waals surface area contributed by atoms with E-state index in [0.29, 0.717) is 33.7 Å². The number of carbonyl (C=O) groups is 2. The van der Waals surface area contributed by atoms with Crippen molar-refractivity contribution in [2.75, 3.05) is 29.9 Å². The smallest absolute Gasteiger partial charge is 0.244 e. The predicted octanol–water partition coefficient (Wildman–Crippen LogP) is 3.43. The number of halogens is 2. The van der Waals surface area contributed by atoms with Gasteiger partial charge >= 0.3 is 0 Å². The van der Waals surface area contributed by atoms with Gasteiger partial charge in [-0.1, -0.05) is 29.3 Å². The molecule has 190 valence electrons. The lowest BCUT2D eigenvalue weighted by Gasteiger charge is -2.32. The summed E-state index contributed by atoms with van der Waals surface area (Å²) in [4.78, 5) is 27.5. The fourth-order valence-corrected chi connectivity index (χ4v) is 5.02. The summed E-state index contributed by atoms with van der Waals surface area (Å²) in [5, 5.41) is 3.45. The number of nitrogens with one attached hydrogen (secondary N) is 1. The van der Waals surface area contributed by atoms with Crippen LogP contribution in [0, 0.1) is 0 Å². The van der Waals surface area contributed by atoms with Gasteiger partial charge in [-0.05, 0) is 50.6 Å². The Morgan fingerprint density at radius 1 is 1.09 bits per heavy atom. The molecule has 1 heterocycles. The lowest BCUT2D eigenvalue weighted by Crippen LogP contribution is -2.51. The molecule has 1 aliphatic rings. The summed E-state index contributed by atoms with van der Waals surface area (Å²) in [6.45, 7) is 4.69. The van der Waals surface area contributed by atoms with Crippen LogP contribution < -0.4 is 19.1 Å². The Hall–Kier alpha value is -2.69. The van der Waals surface area contributed by atoms with E-state index < -0.39 is 28.5 Å². The van der Waals surface area contributed by atoms with Gasteiger partial charge in [-0.2, -0.15) is 0 Å². The summed E-state index contributed by atoms with van der Waals surface area (Å²) in [6, 6.07) is 8.58. The van der Waals surface area contributed by atoms with Crippen molar-refractivity contribution < 1.29 is 27.5 Å². The molecule has 2 aromatic carbocycles. The first kappa shape index (κ1) is 26.9. The Bertz CT molecular complexity index is 1210. The number of sulfonamides is 1. The van der Waals surface area contributed by atoms with Crippen molar-refractivity contribution in [3.63, 3.8) is 0 Å². The Morgan fingerprint density at radius 2 is 1.80 bits per heavy atom. The fraction of sp³-hybridized carbons (Fsp3) is 0.391. The van der Waals surface area contributed by atoms with Crippen molar-refractivity contribution in [3.05, 3.63) is 52.0 Å². The van der Waals surface area contributed by atoms with E-state index in [1.807, 2.05) is 0 Å². The molecule has 1 unspecified atom stereocenters. The maximum atomic E-state index is 13.6. The minimum atomic E-state index is -3.86. The van der Waals surface area contributed by atoms with Gasteiger partial charge in [0.1, 0.15) is 12.6 Å². The lowest BCUT2D eigenvalue weighted by molar-refractivity contribution is -0.139. The van der Waals surface area contributed by atoms with Gasteiger partial charge in [0.15, 0.2) is 11.5 Å². The molecule has 3 rings (SSSR count). The van der Waals surface area contributed by atoms with Gasteiger partial charge in [0.25, 0.3) is 0 Å². The summed E-state index contributed by atoms with van der Waals surface area (Å²) in [6.07, 6.45) is 0. The number of amides is 2. The number of hydrogen-bond acceptors (Lipinski definition) is 6. The Labute approximate surface area is 214 Å². The van der Waals surface area contributed by atoms with Crippen LogP contribution in [-0.4, -0.2) is 56.8 Å². The zero-order chi connectivity index (χ0) is 25.8. The largest absolute Gasteiger partial charge is 0.454 e. The SMILES string of the molecule is CCNC(=O)C(C)N(Cc1ccc(Cl)cc1Cl)C(=O)CN(c1ccc2c(c1)OCO2)S(=O)(=O)CC. The van der Waals surface area contributed by atoms with Crippen LogP contribution in [-0.2, 0) is 26.2 Å². The highest BCUT2D eigenvalue weighted by atomic mass is 35.5. The number of hydrogen-bond donors (Lipinski definition) is 1. The van der Waals surface area contributed by atoms with Crippen molar-refractivity contribution >= 4 is 50.7 Å². The van der Waals surface area contributed by atoms with E-state index in [1.54, 1.807) is 44.2 Å². The molecule has 0 saturated carbocycles. The number of nitrogens with zero attached hydrogens (tertiary/aromatic N) is 2. The molecule has 1 N–H and O–H groups in total. The van der Waals surface area contributed by atoms with Crippen molar-refractivity contribution in [3.8, 4) is 11.5 Å². The van der Waals surface area contributed by atoms with Crippen molar-refractivity contribution in [1.82, 2.24) is 10.2 Å². The summed E-state index contributed by atoms with van der Waals surface area (Å²) in [5.41, 5.74) is 0.813. The molecule has 1 aliphatic heterocycles. The molecular weight excluding hydrogens is 517 g/mol. The van der Waals surface area contributed by atoms with Crippen LogP contribution in [0.3, 0.4) is 0 Å². The molecule has 0 aromatic heterocycles. The quantitative estimate of drug-likeness (QED) is 0.492. The number of anilines is 1. The molecule has 35 heavy (non-hydrogen) atoms. The van der Waals surface area contributed by atoms with E-state index >= 15 is 0 Å². The van der Waals surface area contributed by atoms with Gasteiger partial charge in [0.2, 0.25) is 28.6 Å². The van der Waals surface area contributed by atoms with Crippen molar-refractivity contribution in [2.24, 2.45) is 0 Å². The van der Waals surface area contributed by atoms with Crippen LogP contribution in [0.25, 0.3) is 0 Å². The van der Waals surface area contributed by atoms with Gasteiger partial charge in [-0.25, -0.2) is 8.42 Å². The fourth-order valence-electron chi connectivity index (χ4n) is 3.50. The molecule has 1 atom stereocenters. The van der Waals surface area contributed by atoms with E-state index in [9.17, 15) is 18.0 Å². The van der Waals surface area contributed by atoms with Crippen molar-refractivity contribution in [1.29, 1.82) is 0 Å². The maximum Gasteiger partial charge on any atom is 0.244 e. The van der Waals surface area contributed by atoms with E-state index in [2.05, 4.69) is 5.32 Å². The lowest BCUT2D eigenvalue weighted by atomic mass is 10.1. The third kappa shape index (κ3) is 6.31. The van der Waals surface area contributed by atoms with Gasteiger partial charge in [-0.3, -0.25) is 13.9 Å². The van der Waals surface area contributed by atoms with E-state index in [1.165, 1.54) is 17.9 Å². The standard InChI is InChI=1S/C23H27Cl2N3O6S/c1-4-26-23(30)15(3)27(12-16-6-7-17(24)10-19(16)25)22(29)13-28(35(31,32)5-2)18-8-9-20-21(11-18)34-14-33-20/h6-11,15H,4-5,12-14H2,1-3H3,(H,26,30). The Balaban J connectivity index is 1.96. The second kappa shape index (κ2) is 11.4. The molecule has 0 fully saturated rings. The second-order valence-electron chi connectivity index (χ2n) is 7.77. The highest BCUT2D eigenvalue weighted by Gasteiger charge is 2.32. The third-order valence-corrected chi connectivity index (χ3v) is 7.83. The molecule has 2 amide bonds. The molecule has 0 spiro atoms. The predicted molar refractivity (Wildman–Crippen MR) is 135 cm³/mol. The monoisotopic (exact) mass is 543 g/mol. The van der Waals surface area contributed by atoms with Gasteiger partial charge in [-0.15, -0.1) is 0 Å². The number of carbonyl (C=O) groups excluding carboxylic acids is 2. The highest BCUT2D eigenvalue weighted by molar-refractivity contribution is 7.92. The van der Waals surface area contributed by atoms with Crippen LogP contribution >= 0.6 is 23.2 Å². The van der Waals surface area contributed by atoms with Gasteiger partial charge in [0, 0.05) is 29.2 Å². The number of ether oxygens (including phenoxy) is 2. The van der Waals surface area contributed by atoms with Gasteiger partial charge in [0.05, 0.1) is 11.4 Å². The van der Waals surface area contributed by atoms with Crippen LogP contribution in [0.4, 0.5) is 5.69 Å². The van der Waals surface area contributed by atoms with Crippen molar-refractivity contribution in [2.45, 2.75) is 33.4 Å². The average Bonchev–Trinajstić information content (AvgIpc) is 3.29.